The number of aliphatic hydroxyl groups is 5. The van der Waals surface area contributed by atoms with E-state index in [4.69, 9.17) is 28.4 Å². The second-order valence-corrected chi connectivity index (χ2v) is 17.9. The summed E-state index contributed by atoms with van der Waals surface area (Å²) in [5, 5.41) is 51.2. The number of benzene rings is 1. The van der Waals surface area contributed by atoms with Crippen LogP contribution >= 0.6 is 0 Å². The van der Waals surface area contributed by atoms with Crippen LogP contribution < -0.4 is 9.47 Å². The Bertz CT molecular complexity index is 1530. The molecule has 0 radical (unpaired) electrons. The zero-order chi connectivity index (χ0) is 39.2. The SMILES string of the molecule is COc1ccc(OC)c(C2CCC3C4CC=C5CC(OC6CC(O)[C@H](O)CC(COC7CC(O)[C@H](O)C(CO)O7)O6)CCC5(C)C4CCC3(C)C2C(C)=O)c1. The molecule has 0 spiro atoms. The first-order valence-electron chi connectivity index (χ1n) is 20.6. The van der Waals surface area contributed by atoms with Crippen LogP contribution in [-0.2, 0) is 23.7 Å². The van der Waals surface area contributed by atoms with E-state index in [2.05, 4.69) is 26.0 Å². The molecule has 5 fully saturated rings. The van der Waals surface area contributed by atoms with Crippen LogP contribution in [0.5, 0.6) is 11.5 Å². The number of rotatable bonds is 10. The molecule has 3 saturated carbocycles. The number of allylic oxidation sites excluding steroid dienone is 1. The Balaban J connectivity index is 1.02. The Morgan fingerprint density at radius 3 is 2.38 bits per heavy atom. The number of aliphatic hydroxyl groups excluding tert-OH is 5. The Morgan fingerprint density at radius 1 is 0.891 bits per heavy atom. The van der Waals surface area contributed by atoms with Gasteiger partial charge < -0.3 is 54.0 Å². The van der Waals surface area contributed by atoms with Crippen LogP contribution in [0, 0.1) is 34.5 Å². The van der Waals surface area contributed by atoms with Crippen LogP contribution in [0.2, 0.25) is 0 Å². The average molecular weight is 773 g/mol. The third-order valence-corrected chi connectivity index (χ3v) is 14.9. The highest BCUT2D eigenvalue weighted by atomic mass is 16.7. The van der Waals surface area contributed by atoms with Gasteiger partial charge in [0.1, 0.15) is 29.5 Å². The molecule has 2 aliphatic heterocycles. The molecule has 5 N–H and O–H groups in total. The van der Waals surface area contributed by atoms with Gasteiger partial charge in [-0.3, -0.25) is 4.79 Å². The summed E-state index contributed by atoms with van der Waals surface area (Å²) in [6, 6.07) is 5.96. The summed E-state index contributed by atoms with van der Waals surface area (Å²) in [7, 11) is 3.38. The molecule has 308 valence electrons. The second kappa shape index (κ2) is 16.6. The fraction of sp³-hybridized carbons (Fsp3) is 0.791. The molecule has 2 heterocycles. The van der Waals surface area contributed by atoms with Gasteiger partial charge in [0.05, 0.1) is 58.0 Å². The minimum Gasteiger partial charge on any atom is -0.497 e. The Kier molecular flexibility index (Phi) is 12.4. The summed E-state index contributed by atoms with van der Waals surface area (Å²) >= 11 is 0. The summed E-state index contributed by atoms with van der Waals surface area (Å²) in [6.07, 6.45) is 2.89. The van der Waals surface area contributed by atoms with E-state index in [0.29, 0.717) is 17.8 Å². The van der Waals surface area contributed by atoms with E-state index in [0.717, 1.165) is 68.4 Å². The van der Waals surface area contributed by atoms with Gasteiger partial charge in [-0.25, -0.2) is 0 Å². The third kappa shape index (κ3) is 7.89. The van der Waals surface area contributed by atoms with Crippen LogP contribution in [0.3, 0.4) is 0 Å². The molecule has 12 heteroatoms. The molecule has 0 aromatic heterocycles. The maximum atomic E-state index is 13.7. The number of carbonyl (C=O) groups is 1. The fourth-order valence-electron chi connectivity index (χ4n) is 12.1. The number of ether oxygens (including phenoxy) is 6. The predicted octanol–water partition coefficient (Wildman–Crippen LogP) is 4.41. The van der Waals surface area contributed by atoms with E-state index in [1.165, 1.54) is 5.57 Å². The monoisotopic (exact) mass is 772 g/mol. The van der Waals surface area contributed by atoms with Crippen molar-refractivity contribution in [3.63, 3.8) is 0 Å². The lowest BCUT2D eigenvalue weighted by Crippen LogP contribution is -2.56. The normalized spacial score (nSPS) is 44.6. The van der Waals surface area contributed by atoms with E-state index >= 15 is 0 Å². The summed E-state index contributed by atoms with van der Waals surface area (Å²) < 4.78 is 35.8. The van der Waals surface area contributed by atoms with Crippen molar-refractivity contribution in [1.29, 1.82) is 0 Å². The lowest BCUT2D eigenvalue weighted by molar-refractivity contribution is -0.271. The summed E-state index contributed by atoms with van der Waals surface area (Å²) in [5.41, 5.74) is 2.45. The van der Waals surface area contributed by atoms with Gasteiger partial charge in [-0.1, -0.05) is 25.5 Å². The quantitative estimate of drug-likeness (QED) is 0.213. The molecule has 16 atom stereocenters. The van der Waals surface area contributed by atoms with Gasteiger partial charge in [-0.2, -0.15) is 0 Å². The minimum absolute atomic E-state index is 0.0185. The average Bonchev–Trinajstić information content (AvgIpc) is 3.29. The number of Topliss-reactive ketones (excluding diaryl/α,β-unsaturated/α-hetero) is 1. The minimum atomic E-state index is -1.20. The van der Waals surface area contributed by atoms with E-state index in [-0.39, 0.29) is 60.4 Å². The summed E-state index contributed by atoms with van der Waals surface area (Å²) in [5.74, 6) is 3.34. The maximum Gasteiger partial charge on any atom is 0.161 e. The topological polar surface area (TPSA) is 174 Å². The van der Waals surface area contributed by atoms with Gasteiger partial charge in [0.15, 0.2) is 12.6 Å². The van der Waals surface area contributed by atoms with E-state index in [1.807, 2.05) is 12.1 Å². The van der Waals surface area contributed by atoms with Gasteiger partial charge in [0.2, 0.25) is 0 Å². The predicted molar refractivity (Wildman–Crippen MR) is 201 cm³/mol. The summed E-state index contributed by atoms with van der Waals surface area (Å²) in [4.78, 5) is 13.7. The van der Waals surface area contributed by atoms with Crippen LogP contribution in [0.4, 0.5) is 0 Å². The van der Waals surface area contributed by atoms with Gasteiger partial charge in [-0.05, 0) is 111 Å². The van der Waals surface area contributed by atoms with Crippen molar-refractivity contribution in [2.24, 2.45) is 34.5 Å². The van der Waals surface area contributed by atoms with Crippen LogP contribution in [0.25, 0.3) is 0 Å². The zero-order valence-electron chi connectivity index (χ0n) is 33.2. The molecule has 0 amide bonds. The van der Waals surface area contributed by atoms with Crippen molar-refractivity contribution >= 4 is 5.78 Å². The molecule has 0 bridgehead atoms. The lowest BCUT2D eigenvalue weighted by atomic mass is 9.42. The van der Waals surface area contributed by atoms with Crippen LogP contribution in [0.1, 0.15) is 103 Å². The highest BCUT2D eigenvalue weighted by Gasteiger charge is 2.60. The molecular weight excluding hydrogens is 708 g/mol. The fourth-order valence-corrected chi connectivity index (χ4v) is 12.1. The third-order valence-electron chi connectivity index (χ3n) is 14.9. The van der Waals surface area contributed by atoms with Crippen molar-refractivity contribution in [3.05, 3.63) is 35.4 Å². The molecular formula is C43H64O12. The summed E-state index contributed by atoms with van der Waals surface area (Å²) in [6.45, 7) is 6.19. The largest absolute Gasteiger partial charge is 0.497 e. The number of hydrogen-bond acceptors (Lipinski definition) is 12. The van der Waals surface area contributed by atoms with E-state index < -0.39 is 55.8 Å². The number of fused-ring (bicyclic) bond motifs is 5. The van der Waals surface area contributed by atoms with Crippen molar-refractivity contribution in [2.75, 3.05) is 27.4 Å². The van der Waals surface area contributed by atoms with Gasteiger partial charge in [0.25, 0.3) is 0 Å². The molecule has 4 aliphatic carbocycles. The lowest BCUT2D eigenvalue weighted by Gasteiger charge is -2.62. The van der Waals surface area contributed by atoms with Crippen molar-refractivity contribution < 1.29 is 58.7 Å². The highest BCUT2D eigenvalue weighted by Crippen LogP contribution is 2.67. The van der Waals surface area contributed by atoms with Crippen molar-refractivity contribution in [3.8, 4) is 11.5 Å². The van der Waals surface area contributed by atoms with E-state index in [9.17, 15) is 30.3 Å². The second-order valence-electron chi connectivity index (χ2n) is 17.9. The number of hydrogen-bond donors (Lipinski definition) is 5. The Morgan fingerprint density at radius 2 is 1.65 bits per heavy atom. The van der Waals surface area contributed by atoms with Crippen LogP contribution in [-0.4, -0.2) is 114 Å². The maximum absolute atomic E-state index is 13.7. The smallest absolute Gasteiger partial charge is 0.161 e. The number of ketones is 1. The molecule has 7 rings (SSSR count). The highest BCUT2D eigenvalue weighted by molar-refractivity contribution is 5.81. The molecule has 55 heavy (non-hydrogen) atoms. The van der Waals surface area contributed by atoms with Crippen molar-refractivity contribution in [1.82, 2.24) is 0 Å². The Hall–Kier alpha value is -2.13. The first-order valence-corrected chi connectivity index (χ1v) is 20.6. The van der Waals surface area contributed by atoms with Gasteiger partial charge in [-0.15, -0.1) is 0 Å². The van der Waals surface area contributed by atoms with Gasteiger partial charge in [0, 0.05) is 30.7 Å². The molecule has 1 aromatic rings. The number of methoxy groups -OCH3 is 2. The molecule has 6 aliphatic rings. The van der Waals surface area contributed by atoms with Gasteiger partial charge >= 0.3 is 0 Å². The molecule has 2 saturated heterocycles. The zero-order valence-corrected chi connectivity index (χ0v) is 33.2. The first-order chi connectivity index (χ1) is 26.3. The Labute approximate surface area is 325 Å². The molecule has 1 aromatic carbocycles. The van der Waals surface area contributed by atoms with Crippen LogP contribution in [0.15, 0.2) is 29.8 Å². The first kappa shape index (κ1) is 41.0. The molecule has 14 unspecified atom stereocenters. The van der Waals surface area contributed by atoms with E-state index in [1.54, 1.807) is 21.1 Å². The number of carbonyl (C=O) groups excluding carboxylic acids is 1. The molecule has 12 nitrogen and oxygen atoms in total. The van der Waals surface area contributed by atoms with Crippen molar-refractivity contribution in [2.45, 2.75) is 153 Å². The standard InChI is InChI=1S/C43H64O12/c1-23(45)40-28(30-17-25(50-4)7-11-36(30)51-5)9-10-31-29-8-6-24-16-26(12-14-42(24,2)32(29)13-15-43(31,40)3)53-39-19-34(47)33(46)18-27(54-39)22-52-38-20-35(48)41(49)37(21-44)55-38/h6-7,11,17,26-29,31-35,37-41,44,46-49H,8-10,12-16,18-22H2,1-5H3/t26?,27?,28?,29?,31?,32?,33-,34?,35?,37?,38?,39?,40?,41+,42?,43?/m1/s1.